The highest BCUT2D eigenvalue weighted by Gasteiger charge is 2.30. The summed E-state index contributed by atoms with van der Waals surface area (Å²) in [5.41, 5.74) is 18.9. The van der Waals surface area contributed by atoms with Crippen molar-refractivity contribution in [2.24, 2.45) is 10.2 Å². The van der Waals surface area contributed by atoms with Crippen molar-refractivity contribution in [2.45, 2.75) is 18.5 Å². The Balaban J connectivity index is 2.45. The van der Waals surface area contributed by atoms with Crippen LogP contribution >= 0.6 is 0 Å². The first-order chi connectivity index (χ1) is 7.36. The number of rotatable bonds is 2. The largest absolute Gasteiger partial charge is 0.0895 e. The highest BCUT2D eigenvalue weighted by Crippen LogP contribution is 2.36. The molecule has 0 saturated heterocycles. The first-order valence-corrected chi connectivity index (χ1v) is 4.53. The average Bonchev–Trinajstić information content (AvgIpc) is 2.59. The predicted molar refractivity (Wildman–Crippen MR) is 55.0 cm³/mol. The second-order valence-corrected chi connectivity index (χ2v) is 3.32. The SMILES string of the molecule is [N-]=[N+]=N[C@@H]1Cc2ccccc2[C@@H]1N=[N+]=[N-]. The average molecular weight is 200 g/mol. The molecule has 6 heteroatoms. The molecule has 1 aliphatic carbocycles. The van der Waals surface area contributed by atoms with Gasteiger partial charge in [0.25, 0.3) is 0 Å². The monoisotopic (exact) mass is 200 g/mol. The molecule has 0 radical (unpaired) electrons. The normalized spacial score (nSPS) is 22.4. The quantitative estimate of drug-likeness (QED) is 0.397. The minimum atomic E-state index is -0.359. The number of benzene rings is 1. The first-order valence-electron chi connectivity index (χ1n) is 4.53. The van der Waals surface area contributed by atoms with Gasteiger partial charge >= 0.3 is 0 Å². The van der Waals surface area contributed by atoms with Crippen molar-refractivity contribution in [1.82, 2.24) is 0 Å². The molecule has 1 aromatic rings. The van der Waals surface area contributed by atoms with Gasteiger partial charge in [-0.05, 0) is 28.6 Å². The van der Waals surface area contributed by atoms with E-state index in [-0.39, 0.29) is 12.1 Å². The fourth-order valence-corrected chi connectivity index (χ4v) is 1.92. The second kappa shape index (κ2) is 3.92. The lowest BCUT2D eigenvalue weighted by Gasteiger charge is -2.08. The zero-order chi connectivity index (χ0) is 10.7. The molecule has 6 nitrogen and oxygen atoms in total. The maximum Gasteiger partial charge on any atom is 0.0715 e. The predicted octanol–water partition coefficient (Wildman–Crippen LogP) is 3.27. The van der Waals surface area contributed by atoms with Gasteiger partial charge in [-0.25, -0.2) is 0 Å². The van der Waals surface area contributed by atoms with Crippen LogP contribution in [0.4, 0.5) is 0 Å². The zero-order valence-electron chi connectivity index (χ0n) is 7.85. The Labute approximate surface area is 85.8 Å². The molecule has 0 spiro atoms. The van der Waals surface area contributed by atoms with E-state index in [1.807, 2.05) is 24.3 Å². The Morgan fingerprint density at radius 2 is 1.87 bits per heavy atom. The molecule has 2 rings (SSSR count). The van der Waals surface area contributed by atoms with Crippen LogP contribution in [0, 0.1) is 0 Å². The van der Waals surface area contributed by atoms with E-state index in [4.69, 9.17) is 11.1 Å². The van der Waals surface area contributed by atoms with Gasteiger partial charge in [-0.2, -0.15) is 0 Å². The Morgan fingerprint density at radius 1 is 1.13 bits per heavy atom. The van der Waals surface area contributed by atoms with Crippen molar-refractivity contribution < 1.29 is 0 Å². The molecule has 0 amide bonds. The highest BCUT2D eigenvalue weighted by atomic mass is 15.2. The smallest absolute Gasteiger partial charge is 0.0715 e. The van der Waals surface area contributed by atoms with Crippen molar-refractivity contribution in [3.05, 3.63) is 56.3 Å². The third kappa shape index (κ3) is 1.59. The summed E-state index contributed by atoms with van der Waals surface area (Å²) in [5.74, 6) is 0. The van der Waals surface area contributed by atoms with Gasteiger partial charge in [-0.1, -0.05) is 34.5 Å². The van der Waals surface area contributed by atoms with Gasteiger partial charge in [0.05, 0.1) is 12.1 Å². The lowest BCUT2D eigenvalue weighted by Crippen LogP contribution is -2.07. The zero-order valence-corrected chi connectivity index (χ0v) is 7.85. The minimum Gasteiger partial charge on any atom is -0.0895 e. The van der Waals surface area contributed by atoms with Gasteiger partial charge < -0.3 is 0 Å². The van der Waals surface area contributed by atoms with Crippen LogP contribution in [0.5, 0.6) is 0 Å². The van der Waals surface area contributed by atoms with Crippen molar-refractivity contribution >= 4 is 0 Å². The number of nitrogens with zero attached hydrogens (tertiary/aromatic N) is 6. The number of hydrogen-bond acceptors (Lipinski definition) is 2. The van der Waals surface area contributed by atoms with E-state index in [0.717, 1.165) is 11.1 Å². The fraction of sp³-hybridized carbons (Fsp3) is 0.333. The molecule has 0 heterocycles. The second-order valence-electron chi connectivity index (χ2n) is 3.32. The van der Waals surface area contributed by atoms with E-state index in [0.29, 0.717) is 6.42 Å². The molecule has 15 heavy (non-hydrogen) atoms. The van der Waals surface area contributed by atoms with Crippen LogP contribution in [0.3, 0.4) is 0 Å². The molecule has 0 fully saturated rings. The molecule has 0 aliphatic heterocycles. The topological polar surface area (TPSA) is 97.5 Å². The first kappa shape index (κ1) is 9.40. The lowest BCUT2D eigenvalue weighted by atomic mass is 10.1. The molecular weight excluding hydrogens is 192 g/mol. The minimum absolute atomic E-state index is 0.289. The van der Waals surface area contributed by atoms with Gasteiger partial charge in [-0.3, -0.25) is 0 Å². The summed E-state index contributed by atoms with van der Waals surface area (Å²) in [4.78, 5) is 5.57. The molecule has 1 aromatic carbocycles. The van der Waals surface area contributed by atoms with E-state index < -0.39 is 0 Å². The molecule has 1 aliphatic rings. The standard InChI is InChI=1S/C9H8N6/c10-14-12-8-5-6-3-1-2-4-7(6)9(8)13-15-11/h1-4,8-9H,5H2/t8-,9+/m1/s1. The number of azide groups is 2. The third-order valence-electron chi connectivity index (χ3n) is 2.54. The van der Waals surface area contributed by atoms with Crippen molar-refractivity contribution in [3.8, 4) is 0 Å². The Kier molecular flexibility index (Phi) is 2.46. The Hall–Kier alpha value is -2.16. The number of fused-ring (bicyclic) bond motifs is 1. The highest BCUT2D eigenvalue weighted by molar-refractivity contribution is 5.37. The van der Waals surface area contributed by atoms with E-state index in [1.54, 1.807) is 0 Å². The van der Waals surface area contributed by atoms with Gasteiger partial charge in [0.2, 0.25) is 0 Å². The Bertz CT molecular complexity index is 469. The summed E-state index contributed by atoms with van der Waals surface area (Å²) in [6.07, 6.45) is 0.643. The molecule has 74 valence electrons. The van der Waals surface area contributed by atoms with E-state index >= 15 is 0 Å². The van der Waals surface area contributed by atoms with Crippen LogP contribution in [-0.2, 0) is 6.42 Å². The van der Waals surface area contributed by atoms with Crippen molar-refractivity contribution in [3.63, 3.8) is 0 Å². The van der Waals surface area contributed by atoms with Gasteiger partial charge in [-0.15, -0.1) is 0 Å². The summed E-state index contributed by atoms with van der Waals surface area (Å²) in [6, 6.07) is 7.02. The lowest BCUT2D eigenvalue weighted by molar-refractivity contribution is 0.587. The van der Waals surface area contributed by atoms with Crippen molar-refractivity contribution in [2.75, 3.05) is 0 Å². The van der Waals surface area contributed by atoms with E-state index in [1.165, 1.54) is 0 Å². The van der Waals surface area contributed by atoms with E-state index in [2.05, 4.69) is 20.1 Å². The maximum atomic E-state index is 8.46. The summed E-state index contributed by atoms with van der Waals surface area (Å²) in [5, 5.41) is 7.33. The number of hydrogen-bond donors (Lipinski definition) is 0. The summed E-state index contributed by atoms with van der Waals surface area (Å²) in [7, 11) is 0. The Morgan fingerprint density at radius 3 is 2.60 bits per heavy atom. The van der Waals surface area contributed by atoms with Gasteiger partial charge in [0, 0.05) is 9.82 Å². The van der Waals surface area contributed by atoms with Crippen LogP contribution in [0.1, 0.15) is 17.2 Å². The molecule has 0 bridgehead atoms. The summed E-state index contributed by atoms with van der Waals surface area (Å²) < 4.78 is 0. The van der Waals surface area contributed by atoms with Gasteiger partial charge in [0.1, 0.15) is 0 Å². The molecule has 0 unspecified atom stereocenters. The molecule has 2 atom stereocenters. The van der Waals surface area contributed by atoms with Crippen molar-refractivity contribution in [1.29, 1.82) is 0 Å². The molecular formula is C9H8N6. The third-order valence-corrected chi connectivity index (χ3v) is 2.54. The van der Waals surface area contributed by atoms with Crippen LogP contribution < -0.4 is 0 Å². The van der Waals surface area contributed by atoms with Crippen LogP contribution in [0.25, 0.3) is 20.9 Å². The van der Waals surface area contributed by atoms with Crippen LogP contribution in [0.2, 0.25) is 0 Å². The maximum absolute atomic E-state index is 8.46. The molecule has 0 saturated carbocycles. The van der Waals surface area contributed by atoms with Crippen LogP contribution in [-0.4, -0.2) is 6.04 Å². The fourth-order valence-electron chi connectivity index (χ4n) is 1.92. The summed E-state index contributed by atoms with van der Waals surface area (Å²) in [6.45, 7) is 0. The molecule has 0 aromatic heterocycles. The van der Waals surface area contributed by atoms with Gasteiger partial charge in [0.15, 0.2) is 0 Å². The summed E-state index contributed by atoms with van der Waals surface area (Å²) >= 11 is 0. The van der Waals surface area contributed by atoms with E-state index in [9.17, 15) is 0 Å². The van der Waals surface area contributed by atoms with Crippen LogP contribution in [0.15, 0.2) is 34.5 Å². The molecule has 0 N–H and O–H groups in total.